The molecule has 1 atom stereocenters. The summed E-state index contributed by atoms with van der Waals surface area (Å²) in [6, 6.07) is 10.9. The van der Waals surface area contributed by atoms with Crippen LogP contribution >= 0.6 is 11.6 Å². The number of carbonyl (C=O) groups excluding carboxylic acids is 1. The number of rotatable bonds is 9. The van der Waals surface area contributed by atoms with Gasteiger partial charge in [0.05, 0.1) is 24.0 Å². The van der Waals surface area contributed by atoms with Gasteiger partial charge in [0.25, 0.3) is 5.91 Å². The van der Waals surface area contributed by atoms with Gasteiger partial charge in [0.1, 0.15) is 11.0 Å². The number of hydrogen-bond donors (Lipinski definition) is 0. The predicted molar refractivity (Wildman–Crippen MR) is 138 cm³/mol. The molecule has 192 valence electrons. The predicted octanol–water partition coefficient (Wildman–Crippen LogP) is 7.36. The van der Waals surface area contributed by atoms with Crippen molar-refractivity contribution in [3.8, 4) is 0 Å². The number of amides is 1. The zero-order valence-electron chi connectivity index (χ0n) is 20.8. The maximum absolute atomic E-state index is 13.5. The minimum absolute atomic E-state index is 0.0259. The first kappa shape index (κ1) is 27.5. The number of carbonyl (C=O) groups is 1. The first-order valence-electron chi connectivity index (χ1n) is 12.0. The largest absolute Gasteiger partial charge is 0.416 e. The highest BCUT2D eigenvalue weighted by Crippen LogP contribution is 2.33. The zero-order valence-corrected chi connectivity index (χ0v) is 21.6. The molecule has 0 fully saturated rings. The van der Waals surface area contributed by atoms with Crippen molar-refractivity contribution < 1.29 is 18.0 Å². The molecule has 1 heterocycles. The molecular formula is C27H30ClF3N4O. The van der Waals surface area contributed by atoms with Crippen LogP contribution in [0.1, 0.15) is 67.2 Å². The molecule has 0 spiro atoms. The first-order valence-corrected chi connectivity index (χ1v) is 12.3. The van der Waals surface area contributed by atoms with E-state index < -0.39 is 17.6 Å². The Balaban J connectivity index is 1.96. The summed E-state index contributed by atoms with van der Waals surface area (Å²) in [6.07, 6.45) is -0.286. The Morgan fingerprint density at radius 2 is 1.81 bits per heavy atom. The fourth-order valence-electron chi connectivity index (χ4n) is 4.25. The minimum Gasteiger partial charge on any atom is -0.349 e. The first-order chi connectivity index (χ1) is 17.1. The van der Waals surface area contributed by atoms with E-state index in [0.29, 0.717) is 43.0 Å². The van der Waals surface area contributed by atoms with Crippen LogP contribution in [0.15, 0.2) is 54.9 Å². The van der Waals surface area contributed by atoms with E-state index in [0.717, 1.165) is 17.7 Å². The summed E-state index contributed by atoms with van der Waals surface area (Å²) in [6.45, 7) is 8.63. The Bertz CT molecular complexity index is 1200. The van der Waals surface area contributed by atoms with Crippen LogP contribution in [0.25, 0.3) is 0 Å². The summed E-state index contributed by atoms with van der Waals surface area (Å²) < 4.78 is 40.6. The van der Waals surface area contributed by atoms with Crippen LogP contribution in [0.5, 0.6) is 0 Å². The average molecular weight is 519 g/mol. The van der Waals surface area contributed by atoms with Gasteiger partial charge in [0, 0.05) is 24.3 Å². The lowest BCUT2D eigenvalue weighted by Crippen LogP contribution is -2.31. The van der Waals surface area contributed by atoms with Gasteiger partial charge in [-0.3, -0.25) is 9.78 Å². The van der Waals surface area contributed by atoms with Crippen molar-refractivity contribution in [1.82, 2.24) is 9.97 Å². The molecule has 0 aliphatic heterocycles. The van der Waals surface area contributed by atoms with Gasteiger partial charge in [-0.2, -0.15) is 13.2 Å². The molecule has 5 nitrogen and oxygen atoms in total. The molecule has 0 saturated heterocycles. The van der Waals surface area contributed by atoms with E-state index in [9.17, 15) is 18.0 Å². The van der Waals surface area contributed by atoms with Gasteiger partial charge in [0.15, 0.2) is 0 Å². The van der Waals surface area contributed by atoms with Crippen LogP contribution in [0.2, 0.25) is 5.15 Å². The van der Waals surface area contributed by atoms with E-state index in [1.54, 1.807) is 25.3 Å². The topological polar surface area (TPSA) is 49.3 Å². The van der Waals surface area contributed by atoms with E-state index in [4.69, 9.17) is 11.6 Å². The monoisotopic (exact) mass is 518 g/mol. The van der Waals surface area contributed by atoms with Gasteiger partial charge in [0.2, 0.25) is 0 Å². The quantitative estimate of drug-likeness (QED) is 0.297. The van der Waals surface area contributed by atoms with Crippen molar-refractivity contribution in [3.05, 3.63) is 82.3 Å². The van der Waals surface area contributed by atoms with Crippen molar-refractivity contribution in [2.24, 2.45) is 0 Å². The average Bonchev–Trinajstić information content (AvgIpc) is 2.84. The number of nitrogens with zero attached hydrogens (tertiary/aromatic N) is 4. The molecule has 0 saturated carbocycles. The molecule has 2 aromatic carbocycles. The van der Waals surface area contributed by atoms with Gasteiger partial charge >= 0.3 is 6.18 Å². The minimum atomic E-state index is -4.53. The van der Waals surface area contributed by atoms with E-state index in [2.05, 4.69) is 9.97 Å². The highest BCUT2D eigenvalue weighted by Gasteiger charge is 2.32. The maximum Gasteiger partial charge on any atom is 0.416 e. The standard InChI is InChI=1S/C27H30ClF3N4O/c1-5-9-19-12-21(14-22(13-19)27(29,30)31)26(36)35(7-3)23-11-8-10-20(15-23)18(4)34(6-2)25-17-32-16-24(28)33-25/h8,10-18H,5-7,9H2,1-4H3/t18-/m0/s1. The Morgan fingerprint density at radius 3 is 2.42 bits per heavy atom. The van der Waals surface area contributed by atoms with Crippen LogP contribution in [-0.2, 0) is 12.6 Å². The summed E-state index contributed by atoms with van der Waals surface area (Å²) in [5.41, 5.74) is 1.23. The van der Waals surface area contributed by atoms with Crippen LogP contribution in [-0.4, -0.2) is 29.0 Å². The van der Waals surface area contributed by atoms with Crippen LogP contribution in [0, 0.1) is 0 Å². The van der Waals surface area contributed by atoms with Crippen molar-refractivity contribution >= 4 is 29.0 Å². The van der Waals surface area contributed by atoms with Gasteiger partial charge in [-0.1, -0.05) is 37.1 Å². The van der Waals surface area contributed by atoms with E-state index in [1.807, 2.05) is 43.9 Å². The molecule has 36 heavy (non-hydrogen) atoms. The van der Waals surface area contributed by atoms with E-state index >= 15 is 0 Å². The second kappa shape index (κ2) is 11.7. The summed E-state index contributed by atoms with van der Waals surface area (Å²) in [5, 5.41) is 0.290. The molecule has 3 aromatic rings. The second-order valence-corrected chi connectivity index (χ2v) is 8.86. The fraction of sp³-hybridized carbons (Fsp3) is 0.370. The summed E-state index contributed by atoms with van der Waals surface area (Å²) in [7, 11) is 0. The Labute approximate surface area is 214 Å². The Kier molecular flexibility index (Phi) is 8.95. The fourth-order valence-corrected chi connectivity index (χ4v) is 4.39. The van der Waals surface area contributed by atoms with Crippen molar-refractivity contribution in [2.45, 2.75) is 52.8 Å². The highest BCUT2D eigenvalue weighted by molar-refractivity contribution is 6.29. The lowest BCUT2D eigenvalue weighted by atomic mass is 10.0. The molecule has 0 aliphatic rings. The zero-order chi connectivity index (χ0) is 26.5. The van der Waals surface area contributed by atoms with Crippen molar-refractivity contribution in [2.75, 3.05) is 22.9 Å². The number of aromatic nitrogens is 2. The Morgan fingerprint density at radius 1 is 1.06 bits per heavy atom. The van der Waals surface area contributed by atoms with Crippen LogP contribution in [0.3, 0.4) is 0 Å². The molecule has 3 rings (SSSR count). The molecule has 0 radical (unpaired) electrons. The number of anilines is 2. The number of aryl methyl sites for hydroxylation is 1. The smallest absolute Gasteiger partial charge is 0.349 e. The number of benzene rings is 2. The molecule has 0 unspecified atom stereocenters. The van der Waals surface area contributed by atoms with Crippen molar-refractivity contribution in [3.63, 3.8) is 0 Å². The molecule has 0 aliphatic carbocycles. The van der Waals surface area contributed by atoms with E-state index in [1.165, 1.54) is 11.1 Å². The molecule has 0 N–H and O–H groups in total. The third-order valence-electron chi connectivity index (χ3n) is 6.03. The SMILES string of the molecule is CCCc1cc(C(=O)N(CC)c2cccc([C@H](C)N(CC)c3cncc(Cl)n3)c2)cc(C(F)(F)F)c1. The summed E-state index contributed by atoms with van der Waals surface area (Å²) >= 11 is 6.03. The van der Waals surface area contributed by atoms with Gasteiger partial charge in [-0.25, -0.2) is 4.98 Å². The lowest BCUT2D eigenvalue weighted by molar-refractivity contribution is -0.137. The van der Waals surface area contributed by atoms with Gasteiger partial charge in [-0.05, 0) is 68.7 Å². The number of hydrogen-bond acceptors (Lipinski definition) is 4. The summed E-state index contributed by atoms with van der Waals surface area (Å²) in [4.78, 5) is 25.5. The van der Waals surface area contributed by atoms with E-state index in [-0.39, 0.29) is 16.8 Å². The molecule has 9 heteroatoms. The molecule has 0 bridgehead atoms. The number of halogens is 4. The second-order valence-electron chi connectivity index (χ2n) is 8.47. The normalized spacial score (nSPS) is 12.3. The lowest BCUT2D eigenvalue weighted by Gasteiger charge is -2.30. The van der Waals surface area contributed by atoms with Crippen LogP contribution < -0.4 is 9.80 Å². The highest BCUT2D eigenvalue weighted by atomic mass is 35.5. The van der Waals surface area contributed by atoms with Crippen molar-refractivity contribution in [1.29, 1.82) is 0 Å². The molecular weight excluding hydrogens is 489 g/mol. The maximum atomic E-state index is 13.5. The summed E-state index contributed by atoms with van der Waals surface area (Å²) in [5.74, 6) is 0.151. The number of alkyl halides is 3. The third kappa shape index (κ3) is 6.35. The third-order valence-corrected chi connectivity index (χ3v) is 6.21. The van der Waals surface area contributed by atoms with Gasteiger partial charge < -0.3 is 9.80 Å². The Hall–Kier alpha value is -3.13. The van der Waals surface area contributed by atoms with Gasteiger partial charge in [-0.15, -0.1) is 0 Å². The molecule has 1 aromatic heterocycles. The van der Waals surface area contributed by atoms with Crippen LogP contribution in [0.4, 0.5) is 24.7 Å². The molecule has 1 amide bonds.